The number of halogens is 1. The molecule has 1 fully saturated rings. The van der Waals surface area contributed by atoms with Crippen LogP contribution in [-0.4, -0.2) is 36.9 Å². The average Bonchev–Trinajstić information content (AvgIpc) is 3.27. The zero-order valence-electron chi connectivity index (χ0n) is 18.4. The van der Waals surface area contributed by atoms with E-state index in [2.05, 4.69) is 40.4 Å². The molecule has 0 saturated carbocycles. The molecule has 0 bridgehead atoms. The van der Waals surface area contributed by atoms with E-state index in [0.29, 0.717) is 30.4 Å². The van der Waals surface area contributed by atoms with Gasteiger partial charge in [-0.2, -0.15) is 0 Å². The first kappa shape index (κ1) is 24.5. The highest BCUT2D eigenvalue weighted by molar-refractivity contribution is 9.10. The van der Waals surface area contributed by atoms with E-state index in [-0.39, 0.29) is 17.1 Å². The van der Waals surface area contributed by atoms with Crippen LogP contribution < -0.4 is 20.1 Å². The topological polar surface area (TPSA) is 68.8 Å². The molecule has 6 nitrogen and oxygen atoms in total. The summed E-state index contributed by atoms with van der Waals surface area (Å²) in [6.45, 7) is 6.17. The fourth-order valence-electron chi connectivity index (χ4n) is 3.14. The summed E-state index contributed by atoms with van der Waals surface area (Å²) in [5.41, 5.74) is 1.17. The lowest BCUT2D eigenvalue weighted by Gasteiger charge is -2.15. The lowest BCUT2D eigenvalue weighted by Crippen LogP contribution is -2.34. The summed E-state index contributed by atoms with van der Waals surface area (Å²) in [4.78, 5) is 12.8. The molecule has 0 spiro atoms. The Bertz CT molecular complexity index is 915. The quantitative estimate of drug-likeness (QED) is 0.422. The van der Waals surface area contributed by atoms with Gasteiger partial charge < -0.3 is 19.5 Å². The van der Waals surface area contributed by atoms with Crippen molar-refractivity contribution >= 4 is 44.9 Å². The first-order valence-corrected chi connectivity index (χ1v) is 12.0. The molecule has 2 aromatic rings. The minimum Gasteiger partial charge on any atom is -0.493 e. The molecule has 0 aliphatic carbocycles. The number of ether oxygens (including phenoxy) is 3. The van der Waals surface area contributed by atoms with Gasteiger partial charge in [0.2, 0.25) is 0 Å². The van der Waals surface area contributed by atoms with Crippen LogP contribution in [0.1, 0.15) is 43.5 Å². The summed E-state index contributed by atoms with van der Waals surface area (Å²) >= 11 is 8.74. The molecule has 0 radical (unpaired) electrons. The Hall–Kier alpha value is -2.16. The Morgan fingerprint density at radius 1 is 1.22 bits per heavy atom. The SMILES string of the molecule is CC(C)CCOc1ccc(Br)cc1C(=O)NC(=S)Nc1ccc(OCC2CCCO2)cc1. The number of hydrogen-bond acceptors (Lipinski definition) is 5. The van der Waals surface area contributed by atoms with Crippen LogP contribution in [0.15, 0.2) is 46.9 Å². The summed E-state index contributed by atoms with van der Waals surface area (Å²) in [6.07, 6.45) is 3.21. The van der Waals surface area contributed by atoms with Gasteiger partial charge in [0, 0.05) is 16.8 Å². The number of carbonyl (C=O) groups excluding carboxylic acids is 1. The normalized spacial score (nSPS) is 15.4. The van der Waals surface area contributed by atoms with Gasteiger partial charge in [0.05, 0.1) is 18.3 Å². The molecule has 1 unspecified atom stereocenters. The second-order valence-corrected chi connectivity index (χ2v) is 9.37. The van der Waals surface area contributed by atoms with Gasteiger partial charge in [0.1, 0.15) is 18.1 Å². The maximum atomic E-state index is 12.8. The number of anilines is 1. The van der Waals surface area contributed by atoms with Crippen LogP contribution in [-0.2, 0) is 4.74 Å². The fourth-order valence-corrected chi connectivity index (χ4v) is 3.71. The van der Waals surface area contributed by atoms with E-state index in [1.54, 1.807) is 12.1 Å². The molecular weight excluding hydrogens is 492 g/mol. The van der Waals surface area contributed by atoms with E-state index in [9.17, 15) is 4.79 Å². The van der Waals surface area contributed by atoms with Crippen LogP contribution in [0.2, 0.25) is 0 Å². The number of hydrogen-bond donors (Lipinski definition) is 2. The minimum absolute atomic E-state index is 0.174. The van der Waals surface area contributed by atoms with Gasteiger partial charge in [-0.3, -0.25) is 10.1 Å². The summed E-state index contributed by atoms with van der Waals surface area (Å²) in [7, 11) is 0. The van der Waals surface area contributed by atoms with Crippen LogP contribution >= 0.6 is 28.1 Å². The fraction of sp³-hybridized carbons (Fsp3) is 0.417. The average molecular weight is 521 g/mol. The standard InChI is InChI=1S/C24H29BrN2O4S/c1-16(2)11-13-30-22-10-5-17(25)14-21(22)23(28)27-24(32)26-18-6-8-19(9-7-18)31-15-20-4-3-12-29-20/h5-10,14,16,20H,3-4,11-13,15H2,1-2H3,(H2,26,27,28,32). The van der Waals surface area contributed by atoms with E-state index in [1.807, 2.05) is 30.3 Å². The lowest BCUT2D eigenvalue weighted by atomic mass is 10.1. The molecule has 8 heteroatoms. The largest absolute Gasteiger partial charge is 0.493 e. The van der Waals surface area contributed by atoms with Gasteiger partial charge in [-0.1, -0.05) is 29.8 Å². The highest BCUT2D eigenvalue weighted by Crippen LogP contribution is 2.24. The van der Waals surface area contributed by atoms with Crippen molar-refractivity contribution in [2.24, 2.45) is 5.92 Å². The van der Waals surface area contributed by atoms with Gasteiger partial charge >= 0.3 is 0 Å². The predicted molar refractivity (Wildman–Crippen MR) is 134 cm³/mol. The number of carbonyl (C=O) groups is 1. The summed E-state index contributed by atoms with van der Waals surface area (Å²) in [5.74, 6) is 1.48. The monoisotopic (exact) mass is 520 g/mol. The van der Waals surface area contributed by atoms with E-state index < -0.39 is 0 Å². The van der Waals surface area contributed by atoms with Crippen LogP contribution in [0.5, 0.6) is 11.5 Å². The van der Waals surface area contributed by atoms with Crippen LogP contribution in [0.4, 0.5) is 5.69 Å². The summed E-state index contributed by atoms with van der Waals surface area (Å²) in [5, 5.41) is 5.95. The molecule has 1 atom stereocenters. The van der Waals surface area contributed by atoms with Crippen molar-refractivity contribution in [2.75, 3.05) is 25.1 Å². The first-order valence-electron chi connectivity index (χ1n) is 10.8. The van der Waals surface area contributed by atoms with Gasteiger partial charge in [-0.05, 0) is 79.9 Å². The second-order valence-electron chi connectivity index (χ2n) is 8.05. The van der Waals surface area contributed by atoms with Crippen LogP contribution in [0.3, 0.4) is 0 Å². The van der Waals surface area contributed by atoms with E-state index in [4.69, 9.17) is 26.4 Å². The third-order valence-corrected chi connectivity index (χ3v) is 5.64. The maximum Gasteiger partial charge on any atom is 0.261 e. The zero-order valence-corrected chi connectivity index (χ0v) is 20.8. The number of nitrogens with one attached hydrogen (secondary N) is 2. The highest BCUT2D eigenvalue weighted by Gasteiger charge is 2.17. The van der Waals surface area contributed by atoms with E-state index in [1.165, 1.54) is 0 Å². The Morgan fingerprint density at radius 3 is 2.69 bits per heavy atom. The first-order chi connectivity index (χ1) is 15.4. The third-order valence-electron chi connectivity index (χ3n) is 4.94. The molecule has 1 aliphatic rings. The second kappa shape index (κ2) is 12.2. The van der Waals surface area contributed by atoms with Crippen molar-refractivity contribution in [3.05, 3.63) is 52.5 Å². The Labute approximate surface area is 203 Å². The van der Waals surface area contributed by atoms with E-state index >= 15 is 0 Å². The summed E-state index contributed by atoms with van der Waals surface area (Å²) in [6, 6.07) is 12.8. The van der Waals surface area contributed by atoms with Gasteiger partial charge in [0.25, 0.3) is 5.91 Å². The number of rotatable bonds is 9. The van der Waals surface area contributed by atoms with Crippen molar-refractivity contribution in [1.29, 1.82) is 0 Å². The Morgan fingerprint density at radius 2 is 2.00 bits per heavy atom. The van der Waals surface area contributed by atoms with Crippen molar-refractivity contribution in [3.63, 3.8) is 0 Å². The molecular formula is C24H29BrN2O4S. The van der Waals surface area contributed by atoms with Crippen molar-refractivity contribution in [2.45, 2.75) is 39.2 Å². The van der Waals surface area contributed by atoms with Crippen molar-refractivity contribution in [3.8, 4) is 11.5 Å². The molecule has 32 heavy (non-hydrogen) atoms. The van der Waals surface area contributed by atoms with Gasteiger partial charge in [0.15, 0.2) is 5.11 Å². The number of thiocarbonyl (C=S) groups is 1. The van der Waals surface area contributed by atoms with Crippen molar-refractivity contribution in [1.82, 2.24) is 5.32 Å². The molecule has 172 valence electrons. The molecule has 2 aromatic carbocycles. The van der Waals surface area contributed by atoms with Gasteiger partial charge in [-0.15, -0.1) is 0 Å². The molecule has 0 aromatic heterocycles. The molecule has 1 heterocycles. The Kier molecular flexibility index (Phi) is 9.32. The van der Waals surface area contributed by atoms with Crippen LogP contribution in [0, 0.1) is 5.92 Å². The predicted octanol–water partition coefficient (Wildman–Crippen LogP) is 5.56. The highest BCUT2D eigenvalue weighted by atomic mass is 79.9. The molecule has 1 saturated heterocycles. The lowest BCUT2D eigenvalue weighted by molar-refractivity contribution is 0.0679. The number of benzene rings is 2. The maximum absolute atomic E-state index is 12.8. The molecule has 2 N–H and O–H groups in total. The third kappa shape index (κ3) is 7.76. The summed E-state index contributed by atoms with van der Waals surface area (Å²) < 4.78 is 18.0. The van der Waals surface area contributed by atoms with Crippen molar-refractivity contribution < 1.29 is 19.0 Å². The minimum atomic E-state index is -0.333. The molecule has 1 amide bonds. The zero-order chi connectivity index (χ0) is 22.9. The van der Waals surface area contributed by atoms with E-state index in [0.717, 1.165) is 41.8 Å². The Balaban J connectivity index is 1.53. The molecule has 3 rings (SSSR count). The smallest absolute Gasteiger partial charge is 0.261 e. The van der Waals surface area contributed by atoms with Crippen LogP contribution in [0.25, 0.3) is 0 Å². The van der Waals surface area contributed by atoms with Gasteiger partial charge in [-0.25, -0.2) is 0 Å². The molecule has 1 aliphatic heterocycles. The number of amides is 1.